The number of ether oxygens (including phenoxy) is 1. The van der Waals surface area contributed by atoms with Crippen LogP contribution in [0.25, 0.3) is 22.9 Å². The lowest BCUT2D eigenvalue weighted by Crippen LogP contribution is -2.18. The van der Waals surface area contributed by atoms with Gasteiger partial charge in [-0.2, -0.15) is 5.10 Å². The predicted octanol–water partition coefficient (Wildman–Crippen LogP) is 3.09. The van der Waals surface area contributed by atoms with E-state index in [4.69, 9.17) is 14.7 Å². The molecule has 0 saturated carbocycles. The molecule has 1 saturated heterocycles. The lowest BCUT2D eigenvalue weighted by atomic mass is 10.2. The van der Waals surface area contributed by atoms with Crippen LogP contribution in [-0.4, -0.2) is 49.0 Å². The van der Waals surface area contributed by atoms with E-state index in [1.54, 1.807) is 0 Å². The third-order valence-corrected chi connectivity index (χ3v) is 5.34. The molecule has 0 aliphatic carbocycles. The average Bonchev–Trinajstić information content (AvgIpc) is 3.39. The van der Waals surface area contributed by atoms with Gasteiger partial charge in [0.2, 0.25) is 0 Å². The molecule has 8 nitrogen and oxygen atoms in total. The van der Waals surface area contributed by atoms with E-state index >= 15 is 0 Å². The number of aryl methyl sites for hydroxylation is 1. The maximum Gasteiger partial charge on any atom is 0.178 e. The minimum absolute atomic E-state index is 0.220. The zero-order chi connectivity index (χ0) is 19.3. The molecule has 28 heavy (non-hydrogen) atoms. The van der Waals surface area contributed by atoms with Gasteiger partial charge >= 0.3 is 0 Å². The molecule has 2 aliphatic heterocycles. The van der Waals surface area contributed by atoms with Gasteiger partial charge in [0, 0.05) is 37.6 Å². The van der Waals surface area contributed by atoms with E-state index in [0.29, 0.717) is 6.61 Å². The lowest BCUT2D eigenvalue weighted by molar-refractivity contribution is 0.306. The van der Waals surface area contributed by atoms with Gasteiger partial charge < -0.3 is 14.2 Å². The van der Waals surface area contributed by atoms with Gasteiger partial charge in [0.1, 0.15) is 35.5 Å². The van der Waals surface area contributed by atoms with Crippen LogP contribution in [0.2, 0.25) is 0 Å². The maximum atomic E-state index is 6.04. The first kappa shape index (κ1) is 17.2. The largest absolute Gasteiger partial charge is 0.491 e. The molecule has 0 unspecified atom stereocenters. The SMILES string of the molecule is Cc1nc(-c2cn3c(n2)-c2cnc(N4CCCC4)cc2OCC3)n(C(C)C)n1. The number of rotatable bonds is 3. The number of hydrogen-bond donors (Lipinski definition) is 0. The Balaban J connectivity index is 1.57. The summed E-state index contributed by atoms with van der Waals surface area (Å²) in [6, 6.07) is 2.28. The van der Waals surface area contributed by atoms with Crippen molar-refractivity contribution < 1.29 is 4.74 Å². The molecule has 0 bridgehead atoms. The molecular weight excluding hydrogens is 354 g/mol. The second-order valence-corrected chi connectivity index (χ2v) is 7.75. The number of fused-ring (bicyclic) bond motifs is 3. The molecular formula is C20H25N7O. The van der Waals surface area contributed by atoms with E-state index in [2.05, 4.69) is 39.5 Å². The summed E-state index contributed by atoms with van der Waals surface area (Å²) in [5.41, 5.74) is 1.76. The Morgan fingerprint density at radius 2 is 1.89 bits per heavy atom. The van der Waals surface area contributed by atoms with Gasteiger partial charge in [-0.1, -0.05) is 0 Å². The summed E-state index contributed by atoms with van der Waals surface area (Å²) >= 11 is 0. The van der Waals surface area contributed by atoms with Crippen LogP contribution in [0.5, 0.6) is 5.75 Å². The minimum atomic E-state index is 0.220. The van der Waals surface area contributed by atoms with Crippen LogP contribution in [0.1, 0.15) is 38.6 Å². The molecule has 0 aromatic carbocycles. The topological polar surface area (TPSA) is 73.9 Å². The summed E-state index contributed by atoms with van der Waals surface area (Å²) in [4.78, 5) is 16.6. The fourth-order valence-electron chi connectivity index (χ4n) is 3.96. The molecule has 0 radical (unpaired) electrons. The Morgan fingerprint density at radius 1 is 1.07 bits per heavy atom. The summed E-state index contributed by atoms with van der Waals surface area (Å²) in [5.74, 6) is 4.28. The summed E-state index contributed by atoms with van der Waals surface area (Å²) in [5, 5.41) is 4.53. The zero-order valence-corrected chi connectivity index (χ0v) is 16.6. The normalized spacial score (nSPS) is 16.1. The molecule has 5 heterocycles. The van der Waals surface area contributed by atoms with Crippen molar-refractivity contribution in [2.45, 2.75) is 46.2 Å². The summed E-state index contributed by atoms with van der Waals surface area (Å²) < 4.78 is 10.1. The van der Waals surface area contributed by atoms with Crippen LogP contribution >= 0.6 is 0 Å². The first-order valence-electron chi connectivity index (χ1n) is 9.99. The van der Waals surface area contributed by atoms with Crippen molar-refractivity contribution >= 4 is 5.82 Å². The van der Waals surface area contributed by atoms with Crippen LogP contribution in [-0.2, 0) is 6.54 Å². The third-order valence-electron chi connectivity index (χ3n) is 5.34. The monoisotopic (exact) mass is 379 g/mol. The first-order valence-corrected chi connectivity index (χ1v) is 9.99. The van der Waals surface area contributed by atoms with Crippen LogP contribution in [0, 0.1) is 6.92 Å². The van der Waals surface area contributed by atoms with E-state index < -0.39 is 0 Å². The van der Waals surface area contributed by atoms with Crippen molar-refractivity contribution in [1.82, 2.24) is 29.3 Å². The highest BCUT2D eigenvalue weighted by molar-refractivity contribution is 5.69. The number of imidazole rings is 1. The highest BCUT2D eigenvalue weighted by Gasteiger charge is 2.24. The molecule has 3 aromatic heterocycles. The molecule has 0 spiro atoms. The molecule has 2 aliphatic rings. The van der Waals surface area contributed by atoms with Crippen molar-refractivity contribution in [3.63, 3.8) is 0 Å². The van der Waals surface area contributed by atoms with E-state index in [9.17, 15) is 0 Å². The Labute approximate surface area is 164 Å². The zero-order valence-electron chi connectivity index (χ0n) is 16.6. The standard InChI is InChI=1S/C20H25N7O/c1-13(2)27-20(22-14(3)24-27)16-12-26-8-9-28-17-10-18(25-6-4-5-7-25)21-11-15(17)19(26)23-16/h10-13H,4-9H2,1-3H3. The Morgan fingerprint density at radius 3 is 2.68 bits per heavy atom. The highest BCUT2D eigenvalue weighted by Crippen LogP contribution is 2.35. The van der Waals surface area contributed by atoms with E-state index in [0.717, 1.165) is 59.9 Å². The lowest BCUT2D eigenvalue weighted by Gasteiger charge is -2.17. The fraction of sp³-hybridized carbons (Fsp3) is 0.500. The number of hydrogen-bond acceptors (Lipinski definition) is 6. The average molecular weight is 379 g/mol. The van der Waals surface area contributed by atoms with Gasteiger partial charge in [0.05, 0.1) is 12.1 Å². The summed E-state index contributed by atoms with van der Waals surface area (Å²) in [6.45, 7) is 9.59. The quantitative estimate of drug-likeness (QED) is 0.696. The van der Waals surface area contributed by atoms with Crippen LogP contribution in [0.15, 0.2) is 18.5 Å². The molecule has 0 amide bonds. The molecule has 146 valence electrons. The van der Waals surface area contributed by atoms with Crippen molar-refractivity contribution in [2.75, 3.05) is 24.6 Å². The van der Waals surface area contributed by atoms with Gasteiger partial charge in [0.25, 0.3) is 0 Å². The molecule has 5 rings (SSSR count). The van der Waals surface area contributed by atoms with Gasteiger partial charge in [-0.05, 0) is 33.6 Å². The van der Waals surface area contributed by atoms with Crippen LogP contribution < -0.4 is 9.64 Å². The third kappa shape index (κ3) is 2.83. The van der Waals surface area contributed by atoms with Gasteiger partial charge in [-0.3, -0.25) is 0 Å². The number of anilines is 1. The fourth-order valence-corrected chi connectivity index (χ4v) is 3.96. The van der Waals surface area contributed by atoms with Gasteiger partial charge in [-0.15, -0.1) is 0 Å². The number of pyridine rings is 1. The molecule has 3 aromatic rings. The first-order chi connectivity index (χ1) is 13.6. The van der Waals surface area contributed by atoms with Crippen molar-refractivity contribution in [3.05, 3.63) is 24.3 Å². The molecule has 8 heteroatoms. The van der Waals surface area contributed by atoms with Crippen molar-refractivity contribution in [2.24, 2.45) is 0 Å². The second-order valence-electron chi connectivity index (χ2n) is 7.75. The summed E-state index contributed by atoms with van der Waals surface area (Å²) in [6.07, 6.45) is 6.40. The van der Waals surface area contributed by atoms with Crippen LogP contribution in [0.4, 0.5) is 5.82 Å². The minimum Gasteiger partial charge on any atom is -0.491 e. The Kier molecular flexibility index (Phi) is 4.07. The number of nitrogens with zero attached hydrogens (tertiary/aromatic N) is 7. The van der Waals surface area contributed by atoms with Crippen molar-refractivity contribution in [3.8, 4) is 28.7 Å². The van der Waals surface area contributed by atoms with Gasteiger partial charge in [0.15, 0.2) is 5.82 Å². The molecule has 1 fully saturated rings. The Bertz CT molecular complexity index is 1010. The van der Waals surface area contributed by atoms with Crippen LogP contribution in [0.3, 0.4) is 0 Å². The smallest absolute Gasteiger partial charge is 0.178 e. The van der Waals surface area contributed by atoms with E-state index in [-0.39, 0.29) is 6.04 Å². The van der Waals surface area contributed by atoms with E-state index in [1.165, 1.54) is 12.8 Å². The Hall–Kier alpha value is -2.90. The molecule has 0 atom stereocenters. The molecule has 0 N–H and O–H groups in total. The second kappa shape index (κ2) is 6.61. The van der Waals surface area contributed by atoms with Crippen molar-refractivity contribution in [1.29, 1.82) is 0 Å². The van der Waals surface area contributed by atoms with Gasteiger partial charge in [-0.25, -0.2) is 19.6 Å². The predicted molar refractivity (Wildman–Crippen MR) is 107 cm³/mol. The summed E-state index contributed by atoms with van der Waals surface area (Å²) in [7, 11) is 0. The van der Waals surface area contributed by atoms with E-state index in [1.807, 2.05) is 24.0 Å². The maximum absolute atomic E-state index is 6.04. The highest BCUT2D eigenvalue weighted by atomic mass is 16.5. The number of aromatic nitrogens is 6.